The van der Waals surface area contributed by atoms with Crippen molar-refractivity contribution in [1.29, 1.82) is 0 Å². The number of carbonyl (C=O) groups excluding carboxylic acids is 1. The van der Waals surface area contributed by atoms with Crippen molar-refractivity contribution in [3.05, 3.63) is 98.1 Å². The summed E-state index contributed by atoms with van der Waals surface area (Å²) >= 11 is 8.30. The molecule has 2 nitrogen and oxygen atoms in total. The molecule has 0 saturated carbocycles. The van der Waals surface area contributed by atoms with E-state index < -0.39 is 0 Å². The highest BCUT2D eigenvalue weighted by atomic mass is 127. The average Bonchev–Trinajstić information content (AvgIpc) is 2.64. The molecule has 132 valence electrons. The lowest BCUT2D eigenvalue weighted by Crippen LogP contribution is -2.16. The maximum absolute atomic E-state index is 12.8. The Kier molecular flexibility index (Phi) is 6.33. The van der Waals surface area contributed by atoms with Crippen molar-refractivity contribution in [2.45, 2.75) is 19.4 Å². The van der Waals surface area contributed by atoms with E-state index in [9.17, 15) is 4.79 Å². The summed E-state index contributed by atoms with van der Waals surface area (Å²) in [7, 11) is 0. The molecule has 0 aliphatic rings. The van der Waals surface area contributed by atoms with E-state index in [-0.39, 0.29) is 11.8 Å². The van der Waals surface area contributed by atoms with E-state index >= 15 is 0 Å². The highest BCUT2D eigenvalue weighted by Crippen LogP contribution is 2.26. The van der Waals surface area contributed by atoms with Crippen LogP contribution in [0.15, 0.2) is 72.8 Å². The quantitative estimate of drug-likeness (QED) is 0.318. The first-order chi connectivity index (χ1) is 12.5. The van der Waals surface area contributed by atoms with Gasteiger partial charge in [-0.1, -0.05) is 53.6 Å². The lowest BCUT2D eigenvalue weighted by molar-refractivity contribution is 0.0976. The molecule has 0 bridgehead atoms. The van der Waals surface area contributed by atoms with Crippen LogP contribution in [-0.4, -0.2) is 5.78 Å². The van der Waals surface area contributed by atoms with E-state index in [1.54, 1.807) is 0 Å². The first-order valence-electron chi connectivity index (χ1n) is 8.39. The van der Waals surface area contributed by atoms with Gasteiger partial charge in [-0.15, -0.1) is 0 Å². The molecule has 0 heterocycles. The molecule has 0 fully saturated rings. The van der Waals surface area contributed by atoms with Gasteiger partial charge in [-0.2, -0.15) is 0 Å². The van der Waals surface area contributed by atoms with Gasteiger partial charge in [-0.25, -0.2) is 0 Å². The molecular formula is C22H19ClINO. The van der Waals surface area contributed by atoms with E-state index in [4.69, 9.17) is 11.6 Å². The summed E-state index contributed by atoms with van der Waals surface area (Å²) in [6.07, 6.45) is 0.372. The lowest BCUT2D eigenvalue weighted by Gasteiger charge is -2.20. The monoisotopic (exact) mass is 475 g/mol. The topological polar surface area (TPSA) is 29.1 Å². The van der Waals surface area contributed by atoms with Crippen LogP contribution in [0.2, 0.25) is 5.02 Å². The van der Waals surface area contributed by atoms with Crippen LogP contribution >= 0.6 is 34.2 Å². The molecule has 0 aliphatic heterocycles. The predicted octanol–water partition coefficient (Wildman–Crippen LogP) is 6.68. The average molecular weight is 476 g/mol. The van der Waals surface area contributed by atoms with Crippen LogP contribution in [0.4, 0.5) is 5.69 Å². The maximum Gasteiger partial charge on any atom is 0.165 e. The Morgan fingerprint density at radius 2 is 1.58 bits per heavy atom. The number of anilines is 1. The van der Waals surface area contributed by atoms with Crippen molar-refractivity contribution in [2.24, 2.45) is 0 Å². The van der Waals surface area contributed by atoms with Crippen LogP contribution in [0.3, 0.4) is 0 Å². The molecule has 0 saturated heterocycles. The van der Waals surface area contributed by atoms with Crippen molar-refractivity contribution < 1.29 is 4.79 Å². The van der Waals surface area contributed by atoms with Crippen molar-refractivity contribution in [3.63, 3.8) is 0 Å². The lowest BCUT2D eigenvalue weighted by atomic mass is 9.97. The van der Waals surface area contributed by atoms with Crippen LogP contribution in [0.1, 0.15) is 33.9 Å². The molecule has 3 aromatic carbocycles. The van der Waals surface area contributed by atoms with E-state index in [2.05, 4.69) is 27.9 Å². The SMILES string of the molecule is Cc1ccc(C(=O)CC(Nc2ccc(I)cc2)c2ccc(Cl)cc2)cc1. The van der Waals surface area contributed by atoms with E-state index in [1.165, 1.54) is 3.57 Å². The molecular weight excluding hydrogens is 457 g/mol. The number of nitrogens with one attached hydrogen (secondary N) is 1. The van der Waals surface area contributed by atoms with Gasteiger partial charge in [0.15, 0.2) is 5.78 Å². The van der Waals surface area contributed by atoms with E-state index in [0.29, 0.717) is 11.4 Å². The normalized spacial score (nSPS) is 11.8. The summed E-state index contributed by atoms with van der Waals surface area (Å²) in [4.78, 5) is 12.8. The van der Waals surface area contributed by atoms with Gasteiger partial charge in [0.05, 0.1) is 6.04 Å². The Morgan fingerprint density at radius 3 is 2.19 bits per heavy atom. The number of carbonyl (C=O) groups is 1. The molecule has 4 heteroatoms. The highest BCUT2D eigenvalue weighted by Gasteiger charge is 2.17. The van der Waals surface area contributed by atoms with E-state index in [1.807, 2.05) is 79.7 Å². The summed E-state index contributed by atoms with van der Waals surface area (Å²) in [6, 6.07) is 23.4. The standard InChI is InChI=1S/C22H19ClINO/c1-15-2-4-17(5-3-15)22(26)14-21(16-6-8-18(23)9-7-16)25-20-12-10-19(24)11-13-20/h2-13,21,25H,14H2,1H3. The summed E-state index contributed by atoms with van der Waals surface area (Å²) in [6.45, 7) is 2.02. The van der Waals surface area contributed by atoms with Gasteiger partial charge in [0, 0.05) is 26.3 Å². The van der Waals surface area contributed by atoms with Crippen LogP contribution in [0.25, 0.3) is 0 Å². The number of hydrogen-bond acceptors (Lipinski definition) is 2. The van der Waals surface area contributed by atoms with Gasteiger partial charge in [0.1, 0.15) is 0 Å². The van der Waals surface area contributed by atoms with Gasteiger partial charge < -0.3 is 5.32 Å². The fourth-order valence-electron chi connectivity index (χ4n) is 2.74. The second kappa shape index (κ2) is 8.69. The van der Waals surface area contributed by atoms with Gasteiger partial charge in [-0.3, -0.25) is 4.79 Å². The molecule has 0 aliphatic carbocycles. The third-order valence-electron chi connectivity index (χ3n) is 4.22. The number of rotatable bonds is 6. The Hall–Kier alpha value is -1.85. The van der Waals surface area contributed by atoms with Gasteiger partial charge in [-0.05, 0) is 71.5 Å². The number of benzene rings is 3. The fourth-order valence-corrected chi connectivity index (χ4v) is 3.22. The van der Waals surface area contributed by atoms with E-state index in [0.717, 1.165) is 22.4 Å². The Balaban J connectivity index is 1.84. The number of hydrogen-bond donors (Lipinski definition) is 1. The Labute approximate surface area is 172 Å². The maximum atomic E-state index is 12.8. The molecule has 26 heavy (non-hydrogen) atoms. The summed E-state index contributed by atoms with van der Waals surface area (Å²) < 4.78 is 1.17. The van der Waals surface area contributed by atoms with Crippen molar-refractivity contribution in [3.8, 4) is 0 Å². The number of Topliss-reactive ketones (excluding diaryl/α,β-unsaturated/α-hetero) is 1. The summed E-state index contributed by atoms with van der Waals surface area (Å²) in [5, 5.41) is 4.17. The fraction of sp³-hybridized carbons (Fsp3) is 0.136. The minimum Gasteiger partial charge on any atom is -0.378 e. The highest BCUT2D eigenvalue weighted by molar-refractivity contribution is 14.1. The van der Waals surface area contributed by atoms with Crippen LogP contribution in [0.5, 0.6) is 0 Å². The molecule has 1 atom stereocenters. The minimum absolute atomic E-state index is 0.114. The third-order valence-corrected chi connectivity index (χ3v) is 5.19. The predicted molar refractivity (Wildman–Crippen MR) is 117 cm³/mol. The summed E-state index contributed by atoms with van der Waals surface area (Å²) in [5.74, 6) is 0.114. The number of ketones is 1. The first-order valence-corrected chi connectivity index (χ1v) is 9.84. The molecule has 3 aromatic rings. The van der Waals surface area contributed by atoms with Crippen molar-refractivity contribution >= 4 is 45.7 Å². The second-order valence-corrected chi connectivity index (χ2v) is 7.93. The Morgan fingerprint density at radius 1 is 0.962 bits per heavy atom. The van der Waals surface area contributed by atoms with Crippen LogP contribution < -0.4 is 5.32 Å². The molecule has 0 aromatic heterocycles. The van der Waals surface area contributed by atoms with Crippen molar-refractivity contribution in [1.82, 2.24) is 0 Å². The zero-order chi connectivity index (χ0) is 18.5. The summed E-state index contributed by atoms with van der Waals surface area (Å²) in [5.41, 5.74) is 3.90. The molecule has 1 N–H and O–H groups in total. The zero-order valence-electron chi connectivity index (χ0n) is 14.4. The number of halogens is 2. The van der Waals surface area contributed by atoms with Crippen LogP contribution in [-0.2, 0) is 0 Å². The number of aryl methyl sites for hydroxylation is 1. The molecule has 3 rings (SSSR count). The largest absolute Gasteiger partial charge is 0.378 e. The third kappa shape index (κ3) is 5.08. The van der Waals surface area contributed by atoms with Crippen LogP contribution in [0, 0.1) is 10.5 Å². The first kappa shape index (κ1) is 18.9. The molecule has 1 unspecified atom stereocenters. The van der Waals surface area contributed by atoms with Crippen molar-refractivity contribution in [2.75, 3.05) is 5.32 Å². The molecule has 0 spiro atoms. The van der Waals surface area contributed by atoms with Gasteiger partial charge in [0.25, 0.3) is 0 Å². The minimum atomic E-state index is -0.124. The smallest absolute Gasteiger partial charge is 0.165 e. The van der Waals surface area contributed by atoms with Gasteiger partial charge >= 0.3 is 0 Å². The molecule has 0 radical (unpaired) electrons. The van der Waals surface area contributed by atoms with Gasteiger partial charge in [0.2, 0.25) is 0 Å². The zero-order valence-corrected chi connectivity index (χ0v) is 17.3. The molecule has 0 amide bonds. The Bertz CT molecular complexity index is 874. The second-order valence-electron chi connectivity index (χ2n) is 6.25.